The minimum Gasteiger partial charge on any atom is -0.495 e. The number of ether oxygens (including phenoxy) is 1. The Morgan fingerprint density at radius 1 is 1.19 bits per heavy atom. The molecule has 2 heterocycles. The van der Waals surface area contributed by atoms with E-state index in [2.05, 4.69) is 33.8 Å². The van der Waals surface area contributed by atoms with Gasteiger partial charge in [-0.3, -0.25) is 4.79 Å². The van der Waals surface area contributed by atoms with Gasteiger partial charge in [-0.1, -0.05) is 23.8 Å². The van der Waals surface area contributed by atoms with Crippen LogP contribution in [0.5, 0.6) is 5.75 Å². The fourth-order valence-corrected chi connectivity index (χ4v) is 5.97. The normalized spacial score (nSPS) is 23.8. The largest absolute Gasteiger partial charge is 0.495 e. The molecule has 2 aliphatic carbocycles. The van der Waals surface area contributed by atoms with Crippen molar-refractivity contribution >= 4 is 41.0 Å². The average Bonchev–Trinajstić information content (AvgIpc) is 3.44. The number of nitrogens with zero attached hydrogens (tertiary/aromatic N) is 4. The molecule has 0 radical (unpaired) electrons. The van der Waals surface area contributed by atoms with Gasteiger partial charge in [0.1, 0.15) is 10.8 Å². The van der Waals surface area contributed by atoms with E-state index in [0.29, 0.717) is 35.6 Å². The molecule has 11 heteroatoms. The summed E-state index contributed by atoms with van der Waals surface area (Å²) >= 11 is 6.48. The number of rotatable bonds is 6. The first kappa shape index (κ1) is 25.1. The van der Waals surface area contributed by atoms with Gasteiger partial charge < -0.3 is 30.9 Å². The molecule has 37 heavy (non-hydrogen) atoms. The summed E-state index contributed by atoms with van der Waals surface area (Å²) in [5.41, 5.74) is 8.84. The number of urea groups is 1. The smallest absolute Gasteiger partial charge is 0.317 e. The SMILES string of the molecule is CNC(=O)N1CCc2cc(OC)c(N(C)c3ncc(Cl)c(NC4C5C=CC(C5)C4C(N)=O)n3)cc2CC1. The molecule has 2 aromatic rings. The van der Waals surface area contributed by atoms with Gasteiger partial charge in [0.25, 0.3) is 0 Å². The summed E-state index contributed by atoms with van der Waals surface area (Å²) in [5, 5.41) is 6.47. The number of nitrogens with one attached hydrogen (secondary N) is 2. The van der Waals surface area contributed by atoms with Gasteiger partial charge in [0.05, 0.1) is 24.9 Å². The van der Waals surface area contributed by atoms with Crippen LogP contribution in [0.25, 0.3) is 0 Å². The van der Waals surface area contributed by atoms with Crippen LogP contribution in [0, 0.1) is 17.8 Å². The summed E-state index contributed by atoms with van der Waals surface area (Å²) in [6.07, 6.45) is 8.14. The number of fused-ring (bicyclic) bond motifs is 3. The quantitative estimate of drug-likeness (QED) is 0.495. The first-order chi connectivity index (χ1) is 17.8. The van der Waals surface area contributed by atoms with Gasteiger partial charge in [-0.25, -0.2) is 9.78 Å². The minimum absolute atomic E-state index is 0.0729. The highest BCUT2D eigenvalue weighted by molar-refractivity contribution is 6.32. The Labute approximate surface area is 221 Å². The van der Waals surface area contributed by atoms with Gasteiger partial charge in [-0.05, 0) is 54.4 Å². The molecule has 3 amide bonds. The molecule has 0 saturated heterocycles. The van der Waals surface area contributed by atoms with E-state index in [9.17, 15) is 9.59 Å². The van der Waals surface area contributed by atoms with Gasteiger partial charge in [-0.15, -0.1) is 0 Å². The molecule has 0 spiro atoms. The highest BCUT2D eigenvalue weighted by Gasteiger charge is 2.47. The molecule has 2 bridgehead atoms. The van der Waals surface area contributed by atoms with Gasteiger partial charge in [0, 0.05) is 33.2 Å². The maximum atomic E-state index is 12.2. The van der Waals surface area contributed by atoms with E-state index in [1.165, 1.54) is 0 Å². The maximum Gasteiger partial charge on any atom is 0.317 e. The second kappa shape index (κ2) is 10.1. The molecule has 1 saturated carbocycles. The lowest BCUT2D eigenvalue weighted by Crippen LogP contribution is -2.41. The van der Waals surface area contributed by atoms with Crippen molar-refractivity contribution in [3.63, 3.8) is 0 Å². The Morgan fingerprint density at radius 3 is 2.57 bits per heavy atom. The maximum absolute atomic E-state index is 12.2. The molecule has 10 nitrogen and oxygen atoms in total. The Kier molecular flexibility index (Phi) is 6.85. The lowest BCUT2D eigenvalue weighted by Gasteiger charge is -2.28. The van der Waals surface area contributed by atoms with Crippen LogP contribution in [-0.2, 0) is 17.6 Å². The predicted molar refractivity (Wildman–Crippen MR) is 142 cm³/mol. The van der Waals surface area contributed by atoms with Crippen molar-refractivity contribution in [1.29, 1.82) is 0 Å². The number of allylic oxidation sites excluding steroid dienone is 1. The number of halogens is 1. The second-order valence-corrected chi connectivity index (χ2v) is 10.2. The average molecular weight is 526 g/mol. The standard InChI is InChI=1S/C26H32ClN7O3/c1-29-26(36)34-8-6-14-11-19(20(37-3)12-15(14)7-9-34)33(2)25-30-13-18(27)24(32-25)31-22-17-5-4-16(10-17)21(22)23(28)35/h4-5,11-13,16-17,21-22H,6-10H2,1-3H3,(H2,28,35)(H,29,36)(H,30,31,32). The number of methoxy groups -OCH3 is 1. The third-order valence-corrected chi connectivity index (χ3v) is 8.06. The zero-order chi connectivity index (χ0) is 26.3. The van der Waals surface area contributed by atoms with Gasteiger partial charge in [0.15, 0.2) is 5.82 Å². The summed E-state index contributed by atoms with van der Waals surface area (Å²) in [6.45, 7) is 1.28. The third-order valence-electron chi connectivity index (χ3n) is 7.79. The Morgan fingerprint density at radius 2 is 1.89 bits per heavy atom. The van der Waals surface area contributed by atoms with E-state index in [0.717, 1.165) is 36.1 Å². The van der Waals surface area contributed by atoms with Crippen molar-refractivity contribution in [3.8, 4) is 5.75 Å². The molecular weight excluding hydrogens is 494 g/mol. The fourth-order valence-electron chi connectivity index (χ4n) is 5.82. The van der Waals surface area contributed by atoms with Crippen molar-refractivity contribution in [1.82, 2.24) is 20.2 Å². The number of anilines is 3. The highest BCUT2D eigenvalue weighted by Crippen LogP contribution is 2.45. The Bertz CT molecular complexity index is 1250. The molecule has 1 aliphatic heterocycles. The molecular formula is C26H32ClN7O3. The number of aromatic nitrogens is 2. The number of hydrogen-bond acceptors (Lipinski definition) is 7. The van der Waals surface area contributed by atoms with Crippen LogP contribution in [0.4, 0.5) is 22.2 Å². The second-order valence-electron chi connectivity index (χ2n) is 9.81. The van der Waals surface area contributed by atoms with Gasteiger partial charge in [0.2, 0.25) is 11.9 Å². The first-order valence-electron chi connectivity index (χ1n) is 12.5. The topological polar surface area (TPSA) is 126 Å². The van der Waals surface area contributed by atoms with Crippen LogP contribution in [-0.4, -0.2) is 67.1 Å². The van der Waals surface area contributed by atoms with Crippen molar-refractivity contribution in [2.75, 3.05) is 44.5 Å². The van der Waals surface area contributed by atoms with E-state index in [1.807, 2.05) is 22.9 Å². The zero-order valence-corrected chi connectivity index (χ0v) is 22.0. The summed E-state index contributed by atoms with van der Waals surface area (Å²) in [6, 6.07) is 3.87. The van der Waals surface area contributed by atoms with E-state index < -0.39 is 0 Å². The van der Waals surface area contributed by atoms with Gasteiger partial charge in [-0.2, -0.15) is 4.98 Å². The van der Waals surface area contributed by atoms with Crippen LogP contribution >= 0.6 is 11.6 Å². The number of hydrogen-bond donors (Lipinski definition) is 3. The number of nitrogens with two attached hydrogens (primary N) is 1. The molecule has 4 N–H and O–H groups in total. The molecule has 5 rings (SSSR count). The molecule has 1 fully saturated rings. The number of carbonyl (C=O) groups excluding carboxylic acids is 2. The van der Waals surface area contributed by atoms with Crippen molar-refractivity contribution in [3.05, 3.63) is 46.6 Å². The van der Waals surface area contributed by atoms with Gasteiger partial charge >= 0.3 is 6.03 Å². The van der Waals surface area contributed by atoms with E-state index >= 15 is 0 Å². The number of primary amides is 1. The lowest BCUT2D eigenvalue weighted by molar-refractivity contribution is -0.122. The molecule has 196 valence electrons. The number of amides is 3. The van der Waals surface area contributed by atoms with Crippen LogP contribution in [0.3, 0.4) is 0 Å². The number of carbonyl (C=O) groups is 2. The van der Waals surface area contributed by atoms with Crippen LogP contribution < -0.4 is 26.0 Å². The molecule has 4 atom stereocenters. The summed E-state index contributed by atoms with van der Waals surface area (Å²) in [5.74, 6) is 1.31. The Balaban J connectivity index is 1.42. The van der Waals surface area contributed by atoms with Crippen molar-refractivity contribution < 1.29 is 14.3 Å². The van der Waals surface area contributed by atoms with Crippen molar-refractivity contribution in [2.24, 2.45) is 23.5 Å². The van der Waals surface area contributed by atoms with E-state index in [-0.39, 0.29) is 35.7 Å². The van der Waals surface area contributed by atoms with E-state index in [4.69, 9.17) is 27.1 Å². The molecule has 4 unspecified atom stereocenters. The predicted octanol–water partition coefficient (Wildman–Crippen LogP) is 2.73. The molecule has 3 aliphatic rings. The van der Waals surface area contributed by atoms with E-state index in [1.54, 1.807) is 20.4 Å². The summed E-state index contributed by atoms with van der Waals surface area (Å²) in [4.78, 5) is 37.2. The molecule has 1 aromatic carbocycles. The highest BCUT2D eigenvalue weighted by atomic mass is 35.5. The van der Waals surface area contributed by atoms with Crippen LogP contribution in [0.15, 0.2) is 30.5 Å². The van der Waals surface area contributed by atoms with Crippen LogP contribution in [0.2, 0.25) is 5.02 Å². The summed E-state index contributed by atoms with van der Waals surface area (Å²) < 4.78 is 5.74. The molecule has 1 aromatic heterocycles. The third kappa shape index (κ3) is 4.66. The lowest BCUT2D eigenvalue weighted by atomic mass is 9.88. The number of benzene rings is 1. The summed E-state index contributed by atoms with van der Waals surface area (Å²) in [7, 11) is 5.15. The zero-order valence-electron chi connectivity index (χ0n) is 21.2. The first-order valence-corrected chi connectivity index (χ1v) is 12.9. The monoisotopic (exact) mass is 525 g/mol. The minimum atomic E-state index is -0.318. The Hall–Kier alpha value is -3.53. The van der Waals surface area contributed by atoms with Crippen molar-refractivity contribution in [2.45, 2.75) is 25.3 Å². The van der Waals surface area contributed by atoms with Crippen LogP contribution in [0.1, 0.15) is 17.5 Å². The fraction of sp³-hybridized carbons (Fsp3) is 0.462.